The summed E-state index contributed by atoms with van der Waals surface area (Å²) in [7, 11) is 1.89. The first kappa shape index (κ1) is 19.8. The van der Waals surface area contributed by atoms with Crippen molar-refractivity contribution in [3.05, 3.63) is 29.8 Å². The van der Waals surface area contributed by atoms with Crippen LogP contribution in [-0.2, 0) is 4.79 Å². The zero-order valence-corrected chi connectivity index (χ0v) is 15.2. The van der Waals surface area contributed by atoms with Gasteiger partial charge in [0.15, 0.2) is 6.61 Å². The highest BCUT2D eigenvalue weighted by molar-refractivity contribution is 5.85. The van der Waals surface area contributed by atoms with Crippen molar-refractivity contribution in [1.29, 1.82) is 0 Å². The molecule has 1 fully saturated rings. The summed E-state index contributed by atoms with van der Waals surface area (Å²) in [6.45, 7) is 6.44. The monoisotopic (exact) mass is 340 g/mol. The molecule has 130 valence electrons. The highest BCUT2D eigenvalue weighted by Crippen LogP contribution is 2.28. The molecule has 1 amide bonds. The maximum atomic E-state index is 12.3. The van der Waals surface area contributed by atoms with E-state index in [4.69, 9.17) is 4.74 Å². The molecule has 0 saturated carbocycles. The third kappa shape index (κ3) is 5.40. The smallest absolute Gasteiger partial charge is 0.260 e. The molecule has 5 heteroatoms. The van der Waals surface area contributed by atoms with Gasteiger partial charge in [0, 0.05) is 13.1 Å². The Morgan fingerprint density at radius 1 is 1.35 bits per heavy atom. The number of carbonyl (C=O) groups excluding carboxylic acids is 1. The van der Waals surface area contributed by atoms with Crippen LogP contribution in [0.4, 0.5) is 0 Å². The molecule has 1 saturated heterocycles. The molecule has 0 aliphatic carbocycles. The molecule has 23 heavy (non-hydrogen) atoms. The Morgan fingerprint density at radius 3 is 2.65 bits per heavy atom. The maximum absolute atomic E-state index is 12.3. The number of hydrogen-bond donors (Lipinski definition) is 1. The van der Waals surface area contributed by atoms with E-state index in [9.17, 15) is 4.79 Å². The van der Waals surface area contributed by atoms with Crippen LogP contribution in [-0.4, -0.2) is 43.6 Å². The van der Waals surface area contributed by atoms with E-state index >= 15 is 0 Å². The van der Waals surface area contributed by atoms with Gasteiger partial charge in [0.25, 0.3) is 5.91 Å². The van der Waals surface area contributed by atoms with Crippen molar-refractivity contribution in [1.82, 2.24) is 10.2 Å². The van der Waals surface area contributed by atoms with Crippen molar-refractivity contribution in [2.75, 3.05) is 26.7 Å². The molecule has 1 aliphatic rings. The van der Waals surface area contributed by atoms with Crippen LogP contribution in [0.25, 0.3) is 0 Å². The van der Waals surface area contributed by atoms with Crippen LogP contribution in [0.3, 0.4) is 0 Å². The lowest BCUT2D eigenvalue weighted by Crippen LogP contribution is -2.45. The van der Waals surface area contributed by atoms with Gasteiger partial charge in [0.1, 0.15) is 5.75 Å². The van der Waals surface area contributed by atoms with Gasteiger partial charge in [-0.3, -0.25) is 4.79 Å². The number of nitrogens with zero attached hydrogens (tertiary/aromatic N) is 1. The quantitative estimate of drug-likeness (QED) is 0.864. The van der Waals surface area contributed by atoms with Crippen molar-refractivity contribution in [2.45, 2.75) is 45.1 Å². The summed E-state index contributed by atoms with van der Waals surface area (Å²) in [4.78, 5) is 14.2. The SMILES string of the molecule is CCC(C)c1ccccc1OCC(=O)N(C)C1CCNCC1.Cl. The number of likely N-dealkylation sites (N-methyl/N-ethyl adjacent to an activating group) is 1. The fourth-order valence-corrected chi connectivity index (χ4v) is 2.88. The zero-order valence-electron chi connectivity index (χ0n) is 14.4. The molecule has 0 spiro atoms. The number of para-hydroxylation sites is 1. The topological polar surface area (TPSA) is 41.6 Å². The first-order valence-corrected chi connectivity index (χ1v) is 8.31. The molecule has 1 heterocycles. The molecule has 1 unspecified atom stereocenters. The number of benzene rings is 1. The predicted octanol–water partition coefficient (Wildman–Crippen LogP) is 3.21. The largest absolute Gasteiger partial charge is 0.483 e. The van der Waals surface area contributed by atoms with Crippen molar-refractivity contribution in [3.8, 4) is 5.75 Å². The van der Waals surface area contributed by atoms with Crippen LogP contribution < -0.4 is 10.1 Å². The molecular formula is C18H29ClN2O2. The summed E-state index contributed by atoms with van der Waals surface area (Å²) < 4.78 is 5.83. The van der Waals surface area contributed by atoms with Crippen LogP contribution in [0, 0.1) is 0 Å². The first-order valence-electron chi connectivity index (χ1n) is 8.31. The minimum Gasteiger partial charge on any atom is -0.483 e. The molecule has 0 bridgehead atoms. The highest BCUT2D eigenvalue weighted by atomic mass is 35.5. The highest BCUT2D eigenvalue weighted by Gasteiger charge is 2.22. The van der Waals surface area contributed by atoms with Gasteiger partial charge in [-0.2, -0.15) is 0 Å². The van der Waals surface area contributed by atoms with E-state index in [1.54, 1.807) is 0 Å². The summed E-state index contributed by atoms with van der Waals surface area (Å²) in [6, 6.07) is 8.37. The van der Waals surface area contributed by atoms with Gasteiger partial charge in [0.05, 0.1) is 0 Å². The number of amides is 1. The van der Waals surface area contributed by atoms with E-state index in [2.05, 4.69) is 25.2 Å². The van der Waals surface area contributed by atoms with Crippen LogP contribution >= 0.6 is 12.4 Å². The van der Waals surface area contributed by atoms with Gasteiger partial charge in [-0.1, -0.05) is 32.0 Å². The Labute approximate surface area is 146 Å². The number of hydrogen-bond acceptors (Lipinski definition) is 3. The van der Waals surface area contributed by atoms with E-state index in [0.717, 1.165) is 38.1 Å². The normalized spacial score (nSPS) is 16.3. The number of nitrogens with one attached hydrogen (secondary N) is 1. The van der Waals surface area contributed by atoms with Gasteiger partial charge >= 0.3 is 0 Å². The molecule has 1 aromatic rings. The van der Waals surface area contributed by atoms with E-state index in [-0.39, 0.29) is 24.9 Å². The summed E-state index contributed by atoms with van der Waals surface area (Å²) in [5.74, 6) is 1.34. The summed E-state index contributed by atoms with van der Waals surface area (Å²) in [6.07, 6.45) is 3.10. The van der Waals surface area contributed by atoms with Crippen molar-refractivity contribution in [3.63, 3.8) is 0 Å². The Hall–Kier alpha value is -1.26. The lowest BCUT2D eigenvalue weighted by molar-refractivity contribution is -0.134. The van der Waals surface area contributed by atoms with Crippen LogP contribution in [0.15, 0.2) is 24.3 Å². The van der Waals surface area contributed by atoms with Gasteiger partial charge in [-0.05, 0) is 49.9 Å². The number of piperidine rings is 1. The van der Waals surface area contributed by atoms with Crippen molar-refractivity contribution < 1.29 is 9.53 Å². The summed E-state index contributed by atoms with van der Waals surface area (Å²) in [5, 5.41) is 3.32. The van der Waals surface area contributed by atoms with Gasteiger partial charge in [-0.15, -0.1) is 12.4 Å². The van der Waals surface area contributed by atoms with Gasteiger partial charge in [-0.25, -0.2) is 0 Å². The van der Waals surface area contributed by atoms with Gasteiger partial charge in [0.2, 0.25) is 0 Å². The molecular weight excluding hydrogens is 312 g/mol. The average molecular weight is 341 g/mol. The average Bonchev–Trinajstić information content (AvgIpc) is 2.59. The summed E-state index contributed by atoms with van der Waals surface area (Å²) >= 11 is 0. The molecule has 4 nitrogen and oxygen atoms in total. The Balaban J connectivity index is 0.00000264. The number of rotatable bonds is 6. The van der Waals surface area contributed by atoms with Crippen LogP contribution in [0.1, 0.15) is 44.6 Å². The minimum atomic E-state index is 0. The molecule has 1 atom stereocenters. The predicted molar refractivity (Wildman–Crippen MR) is 96.6 cm³/mol. The number of ether oxygens (including phenoxy) is 1. The lowest BCUT2D eigenvalue weighted by atomic mass is 9.98. The third-order valence-electron chi connectivity index (χ3n) is 4.66. The molecule has 1 aliphatic heterocycles. The van der Waals surface area contributed by atoms with E-state index < -0.39 is 0 Å². The number of halogens is 1. The second kappa shape index (κ2) is 9.78. The Bertz CT molecular complexity index is 490. The minimum absolute atomic E-state index is 0. The fraction of sp³-hybridized carbons (Fsp3) is 0.611. The van der Waals surface area contributed by atoms with Gasteiger partial charge < -0.3 is 15.0 Å². The third-order valence-corrected chi connectivity index (χ3v) is 4.66. The molecule has 2 rings (SSSR count). The van der Waals surface area contributed by atoms with Crippen LogP contribution in [0.2, 0.25) is 0 Å². The van der Waals surface area contributed by atoms with Crippen LogP contribution in [0.5, 0.6) is 5.75 Å². The van der Waals surface area contributed by atoms with E-state index in [1.807, 2.05) is 30.1 Å². The fourth-order valence-electron chi connectivity index (χ4n) is 2.88. The molecule has 0 aromatic heterocycles. The molecule has 1 aromatic carbocycles. The Kier molecular flexibility index (Phi) is 8.42. The maximum Gasteiger partial charge on any atom is 0.260 e. The second-order valence-electron chi connectivity index (χ2n) is 6.12. The van der Waals surface area contributed by atoms with Crippen molar-refractivity contribution >= 4 is 18.3 Å². The Morgan fingerprint density at radius 2 is 2.00 bits per heavy atom. The molecule has 0 radical (unpaired) electrons. The molecule has 1 N–H and O–H groups in total. The lowest BCUT2D eigenvalue weighted by Gasteiger charge is -2.31. The van der Waals surface area contributed by atoms with Crippen molar-refractivity contribution in [2.24, 2.45) is 0 Å². The van der Waals surface area contributed by atoms with E-state index in [1.165, 1.54) is 5.56 Å². The summed E-state index contributed by atoms with van der Waals surface area (Å²) in [5.41, 5.74) is 1.18. The van der Waals surface area contributed by atoms with E-state index in [0.29, 0.717) is 12.0 Å². The second-order valence-corrected chi connectivity index (χ2v) is 6.12. The number of carbonyl (C=O) groups is 1. The first-order chi connectivity index (χ1) is 10.6. The zero-order chi connectivity index (χ0) is 15.9. The standard InChI is InChI=1S/C18H28N2O2.ClH/c1-4-14(2)16-7-5-6-8-17(16)22-13-18(21)20(3)15-9-11-19-12-10-15;/h5-8,14-15,19H,4,9-13H2,1-3H3;1H.